The number of rotatable bonds is 11. The lowest BCUT2D eigenvalue weighted by Crippen LogP contribution is -2.31. The van der Waals surface area contributed by atoms with Crippen molar-refractivity contribution in [2.75, 3.05) is 0 Å². The summed E-state index contributed by atoms with van der Waals surface area (Å²) in [6.07, 6.45) is 14.5. The summed E-state index contributed by atoms with van der Waals surface area (Å²) in [6, 6.07) is 5.25. The summed E-state index contributed by atoms with van der Waals surface area (Å²) in [7, 11) is 0. The summed E-state index contributed by atoms with van der Waals surface area (Å²) in [5, 5.41) is 3.81. The summed E-state index contributed by atoms with van der Waals surface area (Å²) in [5.41, 5.74) is 1.29. The van der Waals surface area contributed by atoms with Gasteiger partial charge in [-0.3, -0.25) is 4.98 Å². The molecule has 1 atom stereocenters. The molecule has 1 rings (SSSR count). The largest absolute Gasteiger partial charge is 0.307 e. The van der Waals surface area contributed by atoms with Gasteiger partial charge in [-0.2, -0.15) is 0 Å². The Morgan fingerprint density at radius 2 is 1.70 bits per heavy atom. The fraction of sp³-hybridized carbons (Fsp3) is 0.722. The van der Waals surface area contributed by atoms with Crippen LogP contribution in [0, 0.1) is 0 Å². The van der Waals surface area contributed by atoms with Gasteiger partial charge in [0.05, 0.1) is 0 Å². The molecular formula is C18H32N2. The predicted molar refractivity (Wildman–Crippen MR) is 87.9 cm³/mol. The van der Waals surface area contributed by atoms with Crippen molar-refractivity contribution in [2.24, 2.45) is 0 Å². The molecule has 1 unspecified atom stereocenters. The van der Waals surface area contributed by atoms with Gasteiger partial charge in [-0.25, -0.2) is 0 Å². The quantitative estimate of drug-likeness (QED) is 0.557. The lowest BCUT2D eigenvalue weighted by molar-refractivity contribution is 0.384. The Morgan fingerprint density at radius 3 is 2.20 bits per heavy atom. The molecule has 0 spiro atoms. The summed E-state index contributed by atoms with van der Waals surface area (Å²) < 4.78 is 0. The molecule has 1 N–H and O–H groups in total. The fourth-order valence-corrected chi connectivity index (χ4v) is 2.67. The molecule has 0 aliphatic heterocycles. The molecule has 1 aromatic rings. The highest BCUT2D eigenvalue weighted by Gasteiger charge is 2.13. The van der Waals surface area contributed by atoms with Crippen LogP contribution in [0.2, 0.25) is 0 Å². The highest BCUT2D eigenvalue weighted by molar-refractivity contribution is 5.12. The molecule has 0 saturated heterocycles. The summed E-state index contributed by atoms with van der Waals surface area (Å²) in [6.45, 7) is 6.80. The van der Waals surface area contributed by atoms with Crippen LogP contribution in [0.3, 0.4) is 0 Å². The first-order chi connectivity index (χ1) is 9.77. The topological polar surface area (TPSA) is 24.9 Å². The Labute approximate surface area is 125 Å². The lowest BCUT2D eigenvalue weighted by Gasteiger charge is -2.23. The second-order valence-electron chi connectivity index (χ2n) is 5.86. The normalized spacial score (nSPS) is 12.8. The van der Waals surface area contributed by atoms with Crippen molar-refractivity contribution in [1.29, 1.82) is 0 Å². The van der Waals surface area contributed by atoms with Gasteiger partial charge in [0.1, 0.15) is 0 Å². The van der Waals surface area contributed by atoms with Crippen molar-refractivity contribution in [1.82, 2.24) is 10.3 Å². The van der Waals surface area contributed by atoms with Crippen LogP contribution < -0.4 is 5.32 Å². The van der Waals surface area contributed by atoms with Crippen LogP contribution in [0.4, 0.5) is 0 Å². The molecule has 0 saturated carbocycles. The molecule has 0 bridgehead atoms. The third kappa shape index (κ3) is 7.04. The van der Waals surface area contributed by atoms with Crippen LogP contribution in [0.25, 0.3) is 0 Å². The Balaban J connectivity index is 2.44. The number of nitrogens with zero attached hydrogens (tertiary/aromatic N) is 1. The van der Waals surface area contributed by atoms with E-state index < -0.39 is 0 Å². The van der Waals surface area contributed by atoms with Gasteiger partial charge < -0.3 is 5.32 Å². The predicted octanol–water partition coefficient (Wildman–Crippen LogP) is 5.26. The minimum atomic E-state index is 0.400. The molecule has 2 heteroatoms. The zero-order valence-corrected chi connectivity index (χ0v) is 13.6. The molecule has 0 fully saturated rings. The Kier molecular flexibility index (Phi) is 9.31. The zero-order valence-electron chi connectivity index (χ0n) is 13.6. The van der Waals surface area contributed by atoms with Gasteiger partial charge >= 0.3 is 0 Å². The minimum absolute atomic E-state index is 0.400. The van der Waals surface area contributed by atoms with E-state index in [2.05, 4.69) is 37.1 Å². The second-order valence-corrected chi connectivity index (χ2v) is 5.86. The first-order valence-electron chi connectivity index (χ1n) is 8.43. The van der Waals surface area contributed by atoms with E-state index in [1.165, 1.54) is 56.9 Å². The molecule has 114 valence electrons. The lowest BCUT2D eigenvalue weighted by atomic mass is 10.00. The number of hydrogen-bond acceptors (Lipinski definition) is 2. The van der Waals surface area contributed by atoms with E-state index in [0.29, 0.717) is 12.1 Å². The summed E-state index contributed by atoms with van der Waals surface area (Å²) in [5.74, 6) is 0. The summed E-state index contributed by atoms with van der Waals surface area (Å²) in [4.78, 5) is 4.22. The smallest absolute Gasteiger partial charge is 0.0315 e. The van der Waals surface area contributed by atoms with Crippen LogP contribution in [-0.4, -0.2) is 11.0 Å². The van der Waals surface area contributed by atoms with E-state index in [4.69, 9.17) is 0 Å². The van der Waals surface area contributed by atoms with Crippen LogP contribution in [0.15, 0.2) is 24.5 Å². The van der Waals surface area contributed by atoms with Crippen molar-refractivity contribution in [3.63, 3.8) is 0 Å². The average Bonchev–Trinajstić information content (AvgIpc) is 2.48. The molecule has 1 aromatic heterocycles. The summed E-state index contributed by atoms with van der Waals surface area (Å²) >= 11 is 0. The molecule has 2 nitrogen and oxygen atoms in total. The molecule has 0 aliphatic rings. The van der Waals surface area contributed by atoms with Crippen LogP contribution in [0.1, 0.15) is 83.7 Å². The van der Waals surface area contributed by atoms with E-state index >= 15 is 0 Å². The molecule has 0 aliphatic carbocycles. The van der Waals surface area contributed by atoms with E-state index in [-0.39, 0.29) is 0 Å². The van der Waals surface area contributed by atoms with Crippen molar-refractivity contribution in [3.05, 3.63) is 30.1 Å². The number of hydrogen-bond donors (Lipinski definition) is 1. The van der Waals surface area contributed by atoms with Crippen LogP contribution in [0.5, 0.6) is 0 Å². The first kappa shape index (κ1) is 17.2. The van der Waals surface area contributed by atoms with Crippen LogP contribution in [-0.2, 0) is 0 Å². The highest BCUT2D eigenvalue weighted by atomic mass is 14.9. The van der Waals surface area contributed by atoms with Crippen molar-refractivity contribution < 1.29 is 0 Å². The van der Waals surface area contributed by atoms with Gasteiger partial charge in [0.15, 0.2) is 0 Å². The van der Waals surface area contributed by atoms with E-state index in [1.807, 2.05) is 18.5 Å². The van der Waals surface area contributed by atoms with Crippen LogP contribution >= 0.6 is 0 Å². The van der Waals surface area contributed by atoms with Gasteiger partial charge in [-0.1, -0.05) is 58.4 Å². The maximum atomic E-state index is 4.22. The van der Waals surface area contributed by atoms with E-state index in [1.54, 1.807) is 0 Å². The van der Waals surface area contributed by atoms with E-state index in [9.17, 15) is 0 Å². The molecule has 20 heavy (non-hydrogen) atoms. The van der Waals surface area contributed by atoms with Gasteiger partial charge in [0.2, 0.25) is 0 Å². The SMILES string of the molecule is CCCCCC(CCCCC)NC(C)c1cccnc1. The zero-order chi connectivity index (χ0) is 14.6. The Bertz CT molecular complexity index is 313. The number of nitrogens with one attached hydrogen (secondary N) is 1. The van der Waals surface area contributed by atoms with Gasteiger partial charge in [-0.05, 0) is 31.4 Å². The monoisotopic (exact) mass is 276 g/mol. The molecule has 1 heterocycles. The fourth-order valence-electron chi connectivity index (χ4n) is 2.67. The van der Waals surface area contributed by atoms with Crippen molar-refractivity contribution in [3.8, 4) is 0 Å². The maximum Gasteiger partial charge on any atom is 0.0315 e. The highest BCUT2D eigenvalue weighted by Crippen LogP contribution is 2.17. The number of unbranched alkanes of at least 4 members (excludes halogenated alkanes) is 4. The Morgan fingerprint density at radius 1 is 1.05 bits per heavy atom. The standard InChI is InChI=1S/C18H32N2/c1-4-6-8-12-18(13-9-7-5-2)20-16(3)17-11-10-14-19-15-17/h10-11,14-16,18,20H,4-9,12-13H2,1-3H3. The van der Waals surface area contributed by atoms with E-state index in [0.717, 1.165) is 0 Å². The van der Waals surface area contributed by atoms with Gasteiger partial charge in [0, 0.05) is 24.5 Å². The first-order valence-corrected chi connectivity index (χ1v) is 8.43. The molecule has 0 aromatic carbocycles. The molecular weight excluding hydrogens is 244 g/mol. The Hall–Kier alpha value is -0.890. The van der Waals surface area contributed by atoms with Crippen molar-refractivity contribution >= 4 is 0 Å². The van der Waals surface area contributed by atoms with Gasteiger partial charge in [-0.15, -0.1) is 0 Å². The maximum absolute atomic E-state index is 4.22. The minimum Gasteiger partial charge on any atom is -0.307 e. The number of pyridine rings is 1. The van der Waals surface area contributed by atoms with Gasteiger partial charge in [0.25, 0.3) is 0 Å². The third-order valence-corrected chi connectivity index (χ3v) is 3.98. The molecule has 0 amide bonds. The average molecular weight is 276 g/mol. The number of aromatic nitrogens is 1. The van der Waals surface area contributed by atoms with Crippen molar-refractivity contribution in [2.45, 2.75) is 84.2 Å². The third-order valence-electron chi connectivity index (χ3n) is 3.98. The second kappa shape index (κ2) is 10.8. The molecule has 0 radical (unpaired) electrons.